The zero-order valence-electron chi connectivity index (χ0n) is 19.4. The Morgan fingerprint density at radius 2 is 1.88 bits per heavy atom. The minimum atomic E-state index is -1.87. The summed E-state index contributed by atoms with van der Waals surface area (Å²) < 4.78 is 19.8. The Labute approximate surface area is 194 Å². The molecular formula is C24H30FN3O4Si. The van der Waals surface area contributed by atoms with Gasteiger partial charge in [0.05, 0.1) is 20.6 Å². The molecule has 0 bridgehead atoms. The van der Waals surface area contributed by atoms with Crippen LogP contribution in [0.4, 0.5) is 10.1 Å². The minimum absolute atomic E-state index is 0.0413. The highest BCUT2D eigenvalue weighted by molar-refractivity contribution is 6.88. The zero-order chi connectivity index (χ0) is 24.3. The van der Waals surface area contributed by atoms with Gasteiger partial charge < -0.3 is 20.7 Å². The first-order valence-electron chi connectivity index (χ1n) is 10.8. The maximum atomic E-state index is 14.7. The smallest absolute Gasteiger partial charge is 0.251 e. The van der Waals surface area contributed by atoms with E-state index in [9.17, 15) is 18.8 Å². The number of carbonyl (C=O) groups is 3. The largest absolute Gasteiger partial charge is 0.380 e. The van der Waals surface area contributed by atoms with E-state index in [0.717, 1.165) is 5.56 Å². The lowest BCUT2D eigenvalue weighted by molar-refractivity contribution is -0.135. The highest BCUT2D eigenvalue weighted by Crippen LogP contribution is 2.30. The molecule has 0 saturated carbocycles. The van der Waals surface area contributed by atoms with Gasteiger partial charge in [-0.15, -0.1) is 0 Å². The van der Waals surface area contributed by atoms with Gasteiger partial charge in [-0.3, -0.25) is 14.4 Å². The number of nitrogens with one attached hydrogen (secondary N) is 1. The molecule has 2 aromatic rings. The van der Waals surface area contributed by atoms with Crippen LogP contribution in [-0.4, -0.2) is 44.3 Å². The second kappa shape index (κ2) is 9.84. The lowest BCUT2D eigenvalue weighted by Crippen LogP contribution is -2.40. The van der Waals surface area contributed by atoms with Gasteiger partial charge in [0.25, 0.3) is 5.91 Å². The standard InChI is InChI=1S/C24H30FN3O4Si/c1-32-14-15-5-7-16(8-6-15)22(28-13-17(23(26)30)11-21(28)29)24(31)27-18-9-10-20(19(25)12-18)33(2,3)4/h5-10,12,17,22H,11,13-14H2,1-4H3,(H2,26,30)(H,27,31). The number of amides is 3. The van der Waals surface area contributed by atoms with Gasteiger partial charge >= 0.3 is 0 Å². The maximum absolute atomic E-state index is 14.7. The molecule has 2 unspecified atom stereocenters. The third-order valence-electron chi connectivity index (χ3n) is 5.77. The van der Waals surface area contributed by atoms with Crippen molar-refractivity contribution in [2.24, 2.45) is 11.7 Å². The van der Waals surface area contributed by atoms with Gasteiger partial charge in [-0.1, -0.05) is 50.0 Å². The van der Waals surface area contributed by atoms with Crippen molar-refractivity contribution in [3.05, 3.63) is 59.4 Å². The highest BCUT2D eigenvalue weighted by Gasteiger charge is 2.40. The summed E-state index contributed by atoms with van der Waals surface area (Å²) in [4.78, 5) is 39.1. The van der Waals surface area contributed by atoms with E-state index in [1.165, 1.54) is 11.0 Å². The summed E-state index contributed by atoms with van der Waals surface area (Å²) in [6.07, 6.45) is -0.0413. The number of likely N-dealkylation sites (tertiary alicyclic amines) is 1. The van der Waals surface area contributed by atoms with Crippen molar-refractivity contribution in [3.63, 3.8) is 0 Å². The van der Waals surface area contributed by atoms with E-state index >= 15 is 0 Å². The molecule has 3 rings (SSSR count). The minimum Gasteiger partial charge on any atom is -0.380 e. The predicted molar refractivity (Wildman–Crippen MR) is 127 cm³/mol. The lowest BCUT2D eigenvalue weighted by Gasteiger charge is -2.28. The van der Waals surface area contributed by atoms with Gasteiger partial charge in [-0.25, -0.2) is 4.39 Å². The van der Waals surface area contributed by atoms with Crippen LogP contribution in [-0.2, 0) is 25.7 Å². The first-order valence-corrected chi connectivity index (χ1v) is 14.3. The summed E-state index contributed by atoms with van der Waals surface area (Å²) in [5.74, 6) is -2.43. The fourth-order valence-electron chi connectivity index (χ4n) is 4.02. The Kier molecular flexibility index (Phi) is 7.33. The van der Waals surface area contributed by atoms with Crippen LogP contribution in [0.15, 0.2) is 42.5 Å². The maximum Gasteiger partial charge on any atom is 0.251 e. The molecule has 0 aromatic heterocycles. The average molecular weight is 472 g/mol. The van der Waals surface area contributed by atoms with E-state index in [-0.39, 0.29) is 24.7 Å². The van der Waals surface area contributed by atoms with Crippen molar-refractivity contribution < 1.29 is 23.5 Å². The number of methoxy groups -OCH3 is 1. The number of halogens is 1. The molecule has 9 heteroatoms. The molecule has 176 valence electrons. The van der Waals surface area contributed by atoms with Crippen molar-refractivity contribution in [2.75, 3.05) is 19.0 Å². The lowest BCUT2D eigenvalue weighted by atomic mass is 10.0. The van der Waals surface area contributed by atoms with Gasteiger partial charge in [0.15, 0.2) is 0 Å². The van der Waals surface area contributed by atoms with Crippen LogP contribution in [0.2, 0.25) is 19.6 Å². The van der Waals surface area contributed by atoms with Crippen molar-refractivity contribution >= 4 is 36.7 Å². The molecule has 1 saturated heterocycles. The quantitative estimate of drug-likeness (QED) is 0.578. The SMILES string of the molecule is COCc1ccc(C(C(=O)Nc2ccc([Si](C)(C)C)c(F)c2)N2CC(C(N)=O)CC2=O)cc1. The van der Waals surface area contributed by atoms with Gasteiger partial charge in [0, 0.05) is 25.8 Å². The number of rotatable bonds is 8. The van der Waals surface area contributed by atoms with Crippen molar-refractivity contribution in [2.45, 2.75) is 38.7 Å². The molecule has 0 spiro atoms. The van der Waals surface area contributed by atoms with Crippen LogP contribution >= 0.6 is 0 Å². The molecular weight excluding hydrogens is 441 g/mol. The number of carbonyl (C=O) groups excluding carboxylic acids is 3. The van der Waals surface area contributed by atoms with Crippen LogP contribution in [0.25, 0.3) is 0 Å². The van der Waals surface area contributed by atoms with E-state index in [0.29, 0.717) is 23.0 Å². The molecule has 3 amide bonds. The normalized spacial score (nSPS) is 17.2. The number of primary amides is 1. The third-order valence-corrected chi connectivity index (χ3v) is 7.79. The predicted octanol–water partition coefficient (Wildman–Crippen LogP) is 2.53. The Morgan fingerprint density at radius 1 is 1.21 bits per heavy atom. The average Bonchev–Trinajstić information content (AvgIpc) is 3.10. The van der Waals surface area contributed by atoms with Crippen LogP contribution in [0, 0.1) is 11.7 Å². The molecule has 0 aliphatic carbocycles. The number of anilines is 1. The Balaban J connectivity index is 1.92. The van der Waals surface area contributed by atoms with E-state index in [1.807, 2.05) is 31.8 Å². The van der Waals surface area contributed by atoms with Crippen molar-refractivity contribution in [3.8, 4) is 0 Å². The molecule has 33 heavy (non-hydrogen) atoms. The zero-order valence-corrected chi connectivity index (χ0v) is 20.4. The van der Waals surface area contributed by atoms with Crippen molar-refractivity contribution in [1.82, 2.24) is 4.90 Å². The Morgan fingerprint density at radius 3 is 2.39 bits per heavy atom. The number of nitrogens with two attached hydrogens (primary N) is 1. The monoisotopic (exact) mass is 471 g/mol. The Bertz CT molecular complexity index is 1050. The first kappa shape index (κ1) is 24.6. The van der Waals surface area contributed by atoms with E-state index in [2.05, 4.69) is 5.32 Å². The molecule has 1 aliphatic heterocycles. The molecule has 1 fully saturated rings. The van der Waals surface area contributed by atoms with Crippen molar-refractivity contribution in [1.29, 1.82) is 0 Å². The molecule has 2 atom stereocenters. The number of hydrogen-bond acceptors (Lipinski definition) is 4. The van der Waals surface area contributed by atoms with Gasteiger partial charge in [0.1, 0.15) is 11.9 Å². The summed E-state index contributed by atoms with van der Waals surface area (Å²) in [5, 5.41) is 3.41. The molecule has 1 heterocycles. The molecule has 7 nitrogen and oxygen atoms in total. The van der Waals surface area contributed by atoms with Crippen LogP contribution in [0.3, 0.4) is 0 Å². The van der Waals surface area contributed by atoms with E-state index in [4.69, 9.17) is 10.5 Å². The molecule has 0 radical (unpaired) electrons. The summed E-state index contributed by atoms with van der Waals surface area (Å²) in [7, 11) is -0.284. The van der Waals surface area contributed by atoms with Crippen LogP contribution in [0.1, 0.15) is 23.6 Å². The second-order valence-electron chi connectivity index (χ2n) is 9.36. The molecule has 3 N–H and O–H groups in total. The van der Waals surface area contributed by atoms with Crippen LogP contribution < -0.4 is 16.2 Å². The summed E-state index contributed by atoms with van der Waals surface area (Å²) in [6, 6.07) is 10.8. The first-order chi connectivity index (χ1) is 15.5. The van der Waals surface area contributed by atoms with Crippen LogP contribution in [0.5, 0.6) is 0 Å². The summed E-state index contributed by atoms with van der Waals surface area (Å²) >= 11 is 0. The molecule has 1 aliphatic rings. The second-order valence-corrected chi connectivity index (χ2v) is 14.4. The van der Waals surface area contributed by atoms with Gasteiger partial charge in [-0.2, -0.15) is 0 Å². The number of benzene rings is 2. The Hall–Kier alpha value is -3.04. The summed E-state index contributed by atoms with van der Waals surface area (Å²) in [6.45, 7) is 6.59. The van der Waals surface area contributed by atoms with E-state index in [1.54, 1.807) is 31.4 Å². The highest BCUT2D eigenvalue weighted by atomic mass is 28.3. The number of ether oxygens (including phenoxy) is 1. The number of nitrogens with zero attached hydrogens (tertiary/aromatic N) is 1. The number of hydrogen-bond donors (Lipinski definition) is 2. The third kappa shape index (κ3) is 5.66. The molecule has 2 aromatic carbocycles. The topological polar surface area (TPSA) is 102 Å². The van der Waals surface area contributed by atoms with Gasteiger partial charge in [-0.05, 0) is 28.4 Å². The van der Waals surface area contributed by atoms with E-state index < -0.39 is 31.8 Å². The van der Waals surface area contributed by atoms with Gasteiger partial charge in [0.2, 0.25) is 11.8 Å². The summed E-state index contributed by atoms with van der Waals surface area (Å²) in [5.41, 5.74) is 7.20. The fraction of sp³-hybridized carbons (Fsp3) is 0.375. The fourth-order valence-corrected chi connectivity index (χ4v) is 5.39.